The first kappa shape index (κ1) is 20.3. The third-order valence-electron chi connectivity index (χ3n) is 4.62. The van der Waals surface area contributed by atoms with E-state index in [4.69, 9.17) is 14.2 Å². The quantitative estimate of drug-likeness (QED) is 0.605. The Kier molecular flexibility index (Phi) is 6.39. The largest absolute Gasteiger partial charge is 0.496 e. The van der Waals surface area contributed by atoms with Crippen molar-refractivity contribution in [3.63, 3.8) is 0 Å². The molecule has 1 amide bonds. The number of benzene rings is 3. The summed E-state index contributed by atoms with van der Waals surface area (Å²) in [6.45, 7) is 4.25. The van der Waals surface area contributed by atoms with E-state index >= 15 is 0 Å². The summed E-state index contributed by atoms with van der Waals surface area (Å²) in [4.78, 5) is 12.8. The zero-order valence-corrected chi connectivity index (χ0v) is 17.1. The number of hydrogen-bond acceptors (Lipinski definition) is 4. The molecule has 0 aromatic heterocycles. The number of aryl methyl sites for hydroxylation is 2. The molecule has 0 atom stereocenters. The van der Waals surface area contributed by atoms with Gasteiger partial charge in [0.2, 0.25) is 0 Å². The third kappa shape index (κ3) is 4.88. The average molecular weight is 391 g/mol. The van der Waals surface area contributed by atoms with E-state index in [0.29, 0.717) is 29.4 Å². The summed E-state index contributed by atoms with van der Waals surface area (Å²) in [5, 5.41) is 2.92. The van der Waals surface area contributed by atoms with Gasteiger partial charge in [-0.25, -0.2) is 0 Å². The van der Waals surface area contributed by atoms with E-state index in [0.717, 1.165) is 22.4 Å². The van der Waals surface area contributed by atoms with Crippen molar-refractivity contribution in [2.45, 2.75) is 20.5 Å². The SMILES string of the molecule is COc1ccc(C(=O)Nc2cc(C)ccc2OC)cc1COc1ccccc1C. The number of ether oxygens (including phenoxy) is 3. The number of hydrogen-bond donors (Lipinski definition) is 1. The van der Waals surface area contributed by atoms with Crippen LogP contribution in [-0.4, -0.2) is 20.1 Å². The fourth-order valence-corrected chi connectivity index (χ4v) is 3.02. The van der Waals surface area contributed by atoms with Crippen LogP contribution in [0.15, 0.2) is 60.7 Å². The van der Waals surface area contributed by atoms with Crippen molar-refractivity contribution in [1.82, 2.24) is 0 Å². The summed E-state index contributed by atoms with van der Waals surface area (Å²) >= 11 is 0. The van der Waals surface area contributed by atoms with Crippen molar-refractivity contribution in [3.05, 3.63) is 82.9 Å². The molecule has 0 heterocycles. The second-order valence-electron chi connectivity index (χ2n) is 6.74. The Morgan fingerprint density at radius 2 is 1.59 bits per heavy atom. The number of amides is 1. The van der Waals surface area contributed by atoms with Crippen molar-refractivity contribution < 1.29 is 19.0 Å². The summed E-state index contributed by atoms with van der Waals surface area (Å²) in [7, 11) is 3.18. The van der Waals surface area contributed by atoms with Gasteiger partial charge in [-0.2, -0.15) is 0 Å². The molecular formula is C24H25NO4. The van der Waals surface area contributed by atoms with Crippen LogP contribution in [0.5, 0.6) is 17.2 Å². The van der Waals surface area contributed by atoms with E-state index in [1.165, 1.54) is 0 Å². The Bertz CT molecular complexity index is 1010. The van der Waals surface area contributed by atoms with Gasteiger partial charge in [0.15, 0.2) is 0 Å². The third-order valence-corrected chi connectivity index (χ3v) is 4.62. The fourth-order valence-electron chi connectivity index (χ4n) is 3.02. The van der Waals surface area contributed by atoms with E-state index in [1.807, 2.05) is 56.3 Å². The van der Waals surface area contributed by atoms with Gasteiger partial charge in [0.1, 0.15) is 23.9 Å². The lowest BCUT2D eigenvalue weighted by Crippen LogP contribution is -2.13. The molecule has 0 radical (unpaired) electrons. The highest BCUT2D eigenvalue weighted by molar-refractivity contribution is 6.05. The van der Waals surface area contributed by atoms with Gasteiger partial charge in [0, 0.05) is 11.1 Å². The maximum absolute atomic E-state index is 12.8. The van der Waals surface area contributed by atoms with Crippen LogP contribution in [0.4, 0.5) is 5.69 Å². The first-order valence-electron chi connectivity index (χ1n) is 9.33. The van der Waals surface area contributed by atoms with Crippen LogP contribution >= 0.6 is 0 Å². The number of methoxy groups -OCH3 is 2. The molecule has 0 spiro atoms. The lowest BCUT2D eigenvalue weighted by molar-refractivity contribution is 0.102. The molecule has 3 rings (SSSR count). The molecule has 5 heteroatoms. The van der Waals surface area contributed by atoms with Gasteiger partial charge < -0.3 is 19.5 Å². The Balaban J connectivity index is 1.81. The monoisotopic (exact) mass is 391 g/mol. The topological polar surface area (TPSA) is 56.8 Å². The Morgan fingerprint density at radius 3 is 2.31 bits per heavy atom. The number of carbonyl (C=O) groups is 1. The van der Waals surface area contributed by atoms with Crippen LogP contribution in [-0.2, 0) is 6.61 Å². The molecule has 0 aliphatic heterocycles. The number of para-hydroxylation sites is 1. The van der Waals surface area contributed by atoms with Crippen molar-refractivity contribution >= 4 is 11.6 Å². The number of nitrogens with one attached hydrogen (secondary N) is 1. The van der Waals surface area contributed by atoms with Gasteiger partial charge in [-0.3, -0.25) is 4.79 Å². The maximum atomic E-state index is 12.8. The molecular weight excluding hydrogens is 366 g/mol. The second-order valence-corrected chi connectivity index (χ2v) is 6.74. The fraction of sp³-hybridized carbons (Fsp3) is 0.208. The van der Waals surface area contributed by atoms with E-state index in [1.54, 1.807) is 32.4 Å². The standard InChI is InChI=1S/C24H25NO4/c1-16-9-11-23(28-4)20(13-16)25-24(26)18-10-12-22(27-3)19(14-18)15-29-21-8-6-5-7-17(21)2/h5-14H,15H2,1-4H3,(H,25,26). The molecule has 0 saturated heterocycles. The molecule has 1 N–H and O–H groups in total. The van der Waals surface area contributed by atoms with Gasteiger partial charge in [-0.05, 0) is 61.4 Å². The summed E-state index contributed by atoms with van der Waals surface area (Å²) in [6.07, 6.45) is 0. The molecule has 29 heavy (non-hydrogen) atoms. The number of rotatable bonds is 7. The molecule has 150 valence electrons. The van der Waals surface area contributed by atoms with Gasteiger partial charge >= 0.3 is 0 Å². The number of carbonyl (C=O) groups excluding carboxylic acids is 1. The predicted molar refractivity (Wildman–Crippen MR) is 114 cm³/mol. The van der Waals surface area contributed by atoms with Crippen molar-refractivity contribution in [1.29, 1.82) is 0 Å². The minimum absolute atomic E-state index is 0.228. The highest BCUT2D eigenvalue weighted by Crippen LogP contribution is 2.27. The molecule has 3 aromatic rings. The zero-order chi connectivity index (χ0) is 20.8. The maximum Gasteiger partial charge on any atom is 0.255 e. The molecule has 5 nitrogen and oxygen atoms in total. The summed E-state index contributed by atoms with van der Waals surface area (Å²) in [5.41, 5.74) is 4.01. The Labute approximate surface area is 171 Å². The molecule has 3 aromatic carbocycles. The van der Waals surface area contributed by atoms with Gasteiger partial charge in [-0.1, -0.05) is 24.3 Å². The van der Waals surface area contributed by atoms with Crippen LogP contribution < -0.4 is 19.5 Å². The summed E-state index contributed by atoms with van der Waals surface area (Å²) in [5.74, 6) is 1.85. The van der Waals surface area contributed by atoms with E-state index in [9.17, 15) is 4.79 Å². The molecule has 0 saturated carbocycles. The average Bonchev–Trinajstić information content (AvgIpc) is 2.73. The Morgan fingerprint density at radius 1 is 0.862 bits per heavy atom. The second kappa shape index (κ2) is 9.15. The predicted octanol–water partition coefficient (Wildman–Crippen LogP) is 5.15. The number of anilines is 1. The van der Waals surface area contributed by atoms with Crippen molar-refractivity contribution in [2.75, 3.05) is 19.5 Å². The molecule has 0 fully saturated rings. The molecule has 0 aliphatic rings. The van der Waals surface area contributed by atoms with Gasteiger partial charge in [0.25, 0.3) is 5.91 Å². The van der Waals surface area contributed by atoms with Crippen LogP contribution in [0.25, 0.3) is 0 Å². The van der Waals surface area contributed by atoms with E-state index < -0.39 is 0 Å². The molecule has 0 bridgehead atoms. The highest BCUT2D eigenvalue weighted by Gasteiger charge is 2.14. The van der Waals surface area contributed by atoms with Crippen LogP contribution in [0, 0.1) is 13.8 Å². The lowest BCUT2D eigenvalue weighted by Gasteiger charge is -2.14. The Hall–Kier alpha value is -3.47. The van der Waals surface area contributed by atoms with E-state index in [-0.39, 0.29) is 5.91 Å². The smallest absolute Gasteiger partial charge is 0.255 e. The molecule has 0 aliphatic carbocycles. The normalized spacial score (nSPS) is 10.3. The first-order valence-corrected chi connectivity index (χ1v) is 9.33. The van der Waals surface area contributed by atoms with Crippen molar-refractivity contribution in [2.24, 2.45) is 0 Å². The summed E-state index contributed by atoms with van der Waals surface area (Å²) < 4.78 is 16.7. The van der Waals surface area contributed by atoms with Crippen LogP contribution in [0.2, 0.25) is 0 Å². The summed E-state index contributed by atoms with van der Waals surface area (Å²) in [6, 6.07) is 18.7. The minimum atomic E-state index is -0.228. The van der Waals surface area contributed by atoms with Gasteiger partial charge in [-0.15, -0.1) is 0 Å². The molecule has 0 unspecified atom stereocenters. The highest BCUT2D eigenvalue weighted by atomic mass is 16.5. The minimum Gasteiger partial charge on any atom is -0.496 e. The van der Waals surface area contributed by atoms with Crippen LogP contribution in [0.3, 0.4) is 0 Å². The van der Waals surface area contributed by atoms with E-state index in [2.05, 4.69) is 5.32 Å². The lowest BCUT2D eigenvalue weighted by atomic mass is 10.1. The van der Waals surface area contributed by atoms with Crippen molar-refractivity contribution in [3.8, 4) is 17.2 Å². The first-order chi connectivity index (χ1) is 14.0. The van der Waals surface area contributed by atoms with Gasteiger partial charge in [0.05, 0.1) is 19.9 Å². The van der Waals surface area contributed by atoms with Crippen LogP contribution in [0.1, 0.15) is 27.0 Å². The zero-order valence-electron chi connectivity index (χ0n) is 17.1.